The molecule has 4 nitrogen and oxygen atoms in total. The number of benzene rings is 2. The van der Waals surface area contributed by atoms with E-state index in [-0.39, 0.29) is 0 Å². The second-order valence-electron chi connectivity index (χ2n) is 5.04. The Bertz CT molecular complexity index is 947. The molecular formula is C17H14N4S. The van der Waals surface area contributed by atoms with Crippen LogP contribution >= 0.6 is 11.8 Å². The lowest BCUT2D eigenvalue weighted by Crippen LogP contribution is -2.01. The van der Waals surface area contributed by atoms with Gasteiger partial charge in [0.2, 0.25) is 0 Å². The second kappa shape index (κ2) is 5.42. The van der Waals surface area contributed by atoms with Gasteiger partial charge in [0.25, 0.3) is 0 Å². The number of rotatable bonds is 3. The summed E-state index contributed by atoms with van der Waals surface area (Å²) in [6.45, 7) is 0. The highest BCUT2D eigenvalue weighted by Crippen LogP contribution is 2.29. The summed E-state index contributed by atoms with van der Waals surface area (Å²) in [4.78, 5) is 0. The topological polar surface area (TPSA) is 43.1 Å². The van der Waals surface area contributed by atoms with Gasteiger partial charge in [-0.3, -0.25) is 0 Å². The van der Waals surface area contributed by atoms with Crippen LogP contribution in [0.2, 0.25) is 0 Å². The Morgan fingerprint density at radius 1 is 0.909 bits per heavy atom. The molecule has 0 fully saturated rings. The minimum Gasteiger partial charge on any atom is -0.195 e. The van der Waals surface area contributed by atoms with E-state index in [9.17, 15) is 0 Å². The van der Waals surface area contributed by atoms with E-state index < -0.39 is 0 Å². The van der Waals surface area contributed by atoms with E-state index in [1.807, 2.05) is 34.8 Å². The van der Waals surface area contributed by atoms with Crippen LogP contribution < -0.4 is 0 Å². The van der Waals surface area contributed by atoms with E-state index in [0.29, 0.717) is 0 Å². The summed E-state index contributed by atoms with van der Waals surface area (Å²) < 4.78 is 1.88. The highest BCUT2D eigenvalue weighted by atomic mass is 32.2. The van der Waals surface area contributed by atoms with Gasteiger partial charge in [-0.1, -0.05) is 54.6 Å². The van der Waals surface area contributed by atoms with Crippen molar-refractivity contribution in [1.82, 2.24) is 19.8 Å². The van der Waals surface area contributed by atoms with Crippen LogP contribution in [-0.2, 0) is 5.75 Å². The second-order valence-corrected chi connectivity index (χ2v) is 5.91. The van der Waals surface area contributed by atoms with Gasteiger partial charge in [0, 0.05) is 16.3 Å². The molecule has 2 heterocycles. The molecule has 0 spiro atoms. The van der Waals surface area contributed by atoms with Crippen molar-refractivity contribution in [3.63, 3.8) is 0 Å². The predicted molar refractivity (Wildman–Crippen MR) is 90.9 cm³/mol. The first-order valence-electron chi connectivity index (χ1n) is 7.06. The van der Waals surface area contributed by atoms with Gasteiger partial charge in [-0.05, 0) is 6.26 Å². The molecule has 0 radical (unpaired) electrons. The standard InChI is InChI=1S/C17H14N4S/c1-22-11-15-18-19-17-14-10-6-5-9-13(14)16(20-21(15)17)12-7-3-2-4-8-12/h2-10H,11H2,1H3. The van der Waals surface area contributed by atoms with Gasteiger partial charge in [-0.15, -0.1) is 10.2 Å². The molecule has 2 aromatic carbocycles. The van der Waals surface area contributed by atoms with Gasteiger partial charge in [-0.2, -0.15) is 21.4 Å². The maximum absolute atomic E-state index is 4.83. The lowest BCUT2D eigenvalue weighted by atomic mass is 10.1. The van der Waals surface area contributed by atoms with Gasteiger partial charge in [0.15, 0.2) is 11.5 Å². The van der Waals surface area contributed by atoms with Crippen LogP contribution in [0.25, 0.3) is 27.7 Å². The van der Waals surface area contributed by atoms with Crippen molar-refractivity contribution < 1.29 is 0 Å². The average Bonchev–Trinajstić information content (AvgIpc) is 2.98. The monoisotopic (exact) mass is 306 g/mol. The summed E-state index contributed by atoms with van der Waals surface area (Å²) in [7, 11) is 0. The maximum atomic E-state index is 4.83. The smallest absolute Gasteiger partial charge is 0.185 e. The quantitative estimate of drug-likeness (QED) is 0.577. The summed E-state index contributed by atoms with van der Waals surface area (Å²) >= 11 is 1.72. The van der Waals surface area contributed by atoms with Gasteiger partial charge in [0.1, 0.15) is 0 Å². The van der Waals surface area contributed by atoms with E-state index >= 15 is 0 Å². The number of nitrogens with zero attached hydrogens (tertiary/aromatic N) is 4. The molecule has 0 aliphatic carbocycles. The van der Waals surface area contributed by atoms with Gasteiger partial charge >= 0.3 is 0 Å². The SMILES string of the molecule is CSCc1nnc2c3ccccc3c(-c3ccccc3)nn12. The number of thioether (sulfide) groups is 1. The first-order chi connectivity index (χ1) is 10.9. The van der Waals surface area contributed by atoms with E-state index in [4.69, 9.17) is 5.10 Å². The fourth-order valence-corrected chi connectivity index (χ4v) is 3.09. The third kappa shape index (κ3) is 2.05. The first kappa shape index (κ1) is 13.3. The van der Waals surface area contributed by atoms with Crippen molar-refractivity contribution in [3.8, 4) is 11.3 Å². The lowest BCUT2D eigenvalue weighted by Gasteiger charge is -2.08. The Hall–Kier alpha value is -2.40. The van der Waals surface area contributed by atoms with Gasteiger partial charge in [-0.25, -0.2) is 0 Å². The molecular weight excluding hydrogens is 292 g/mol. The van der Waals surface area contributed by atoms with Crippen molar-refractivity contribution in [2.24, 2.45) is 0 Å². The lowest BCUT2D eigenvalue weighted by molar-refractivity contribution is 0.877. The van der Waals surface area contributed by atoms with Crippen LogP contribution in [0.4, 0.5) is 0 Å². The fraction of sp³-hybridized carbons (Fsp3) is 0.118. The zero-order chi connectivity index (χ0) is 14.9. The minimum absolute atomic E-state index is 0.792. The zero-order valence-corrected chi connectivity index (χ0v) is 12.9. The maximum Gasteiger partial charge on any atom is 0.185 e. The first-order valence-corrected chi connectivity index (χ1v) is 8.45. The molecule has 0 unspecified atom stereocenters. The Kier molecular flexibility index (Phi) is 3.27. The van der Waals surface area contributed by atoms with Crippen molar-refractivity contribution >= 4 is 28.2 Å². The Morgan fingerprint density at radius 2 is 1.64 bits per heavy atom. The van der Waals surface area contributed by atoms with Crippen LogP contribution in [0.1, 0.15) is 5.82 Å². The molecule has 0 bridgehead atoms. The summed E-state index contributed by atoms with van der Waals surface area (Å²) in [5.41, 5.74) is 2.88. The molecule has 0 N–H and O–H groups in total. The van der Waals surface area contributed by atoms with Crippen LogP contribution in [0.15, 0.2) is 54.6 Å². The van der Waals surface area contributed by atoms with Crippen molar-refractivity contribution in [1.29, 1.82) is 0 Å². The molecule has 0 aliphatic heterocycles. The minimum atomic E-state index is 0.792. The number of aromatic nitrogens is 4. The predicted octanol–water partition coefficient (Wildman–Crippen LogP) is 3.81. The molecule has 108 valence electrons. The van der Waals surface area contributed by atoms with Crippen LogP contribution in [0, 0.1) is 0 Å². The third-order valence-corrected chi connectivity index (χ3v) is 4.20. The number of hydrogen-bond acceptors (Lipinski definition) is 4. The highest BCUT2D eigenvalue weighted by Gasteiger charge is 2.14. The Balaban J connectivity index is 2.11. The number of hydrogen-bond donors (Lipinski definition) is 0. The Morgan fingerprint density at radius 3 is 2.41 bits per heavy atom. The summed E-state index contributed by atoms with van der Waals surface area (Å²) in [6, 6.07) is 18.5. The van der Waals surface area contributed by atoms with E-state index in [0.717, 1.165) is 39.3 Å². The average molecular weight is 306 g/mol. The Labute approximate surface area is 132 Å². The zero-order valence-electron chi connectivity index (χ0n) is 12.1. The molecule has 2 aromatic heterocycles. The normalized spacial score (nSPS) is 11.3. The summed E-state index contributed by atoms with van der Waals surface area (Å²) in [5.74, 6) is 1.67. The summed E-state index contributed by atoms with van der Waals surface area (Å²) in [5, 5.41) is 15.6. The van der Waals surface area contributed by atoms with Gasteiger partial charge in [0.05, 0.1) is 11.4 Å². The third-order valence-electron chi connectivity index (χ3n) is 3.65. The highest BCUT2D eigenvalue weighted by molar-refractivity contribution is 7.97. The van der Waals surface area contributed by atoms with Crippen LogP contribution in [0.3, 0.4) is 0 Å². The largest absolute Gasteiger partial charge is 0.195 e. The molecule has 0 aliphatic rings. The molecule has 0 saturated heterocycles. The van der Waals surface area contributed by atoms with Gasteiger partial charge < -0.3 is 0 Å². The molecule has 0 saturated carbocycles. The molecule has 5 heteroatoms. The molecule has 0 amide bonds. The molecule has 4 aromatic rings. The van der Waals surface area contributed by atoms with E-state index in [2.05, 4.69) is 40.7 Å². The number of fused-ring (bicyclic) bond motifs is 3. The van der Waals surface area contributed by atoms with Crippen LogP contribution in [0.5, 0.6) is 0 Å². The van der Waals surface area contributed by atoms with Crippen molar-refractivity contribution in [3.05, 3.63) is 60.4 Å². The molecule has 0 atom stereocenters. The summed E-state index contributed by atoms with van der Waals surface area (Å²) in [6.07, 6.45) is 2.06. The molecule has 4 rings (SSSR count). The van der Waals surface area contributed by atoms with E-state index in [1.165, 1.54) is 0 Å². The van der Waals surface area contributed by atoms with Crippen molar-refractivity contribution in [2.45, 2.75) is 5.75 Å². The van der Waals surface area contributed by atoms with E-state index in [1.54, 1.807) is 11.8 Å². The fourth-order valence-electron chi connectivity index (χ4n) is 2.65. The van der Waals surface area contributed by atoms with Crippen molar-refractivity contribution in [2.75, 3.05) is 6.26 Å². The van der Waals surface area contributed by atoms with Crippen LogP contribution in [-0.4, -0.2) is 26.1 Å². The molecule has 22 heavy (non-hydrogen) atoms.